The number of hydrogen-bond donors (Lipinski definition) is 1. The lowest BCUT2D eigenvalue weighted by Crippen LogP contribution is -2.41. The maximum absolute atomic E-state index is 12.2. The Balaban J connectivity index is 1.36. The Labute approximate surface area is 146 Å². The van der Waals surface area contributed by atoms with Crippen LogP contribution in [-0.4, -0.2) is 73.5 Å². The van der Waals surface area contributed by atoms with Crippen LogP contribution in [-0.2, 0) is 9.53 Å². The van der Waals surface area contributed by atoms with Gasteiger partial charge in [0, 0.05) is 39.1 Å². The zero-order chi connectivity index (χ0) is 17.6. The largest absolute Gasteiger partial charge is 0.379 e. The number of amides is 3. The van der Waals surface area contributed by atoms with Crippen molar-refractivity contribution in [3.8, 4) is 0 Å². The van der Waals surface area contributed by atoms with E-state index in [2.05, 4.69) is 10.2 Å². The number of imide groups is 1. The Morgan fingerprint density at radius 2 is 1.68 bits per heavy atom. The molecule has 3 amide bonds. The molecule has 0 bridgehead atoms. The van der Waals surface area contributed by atoms with Crippen LogP contribution < -0.4 is 5.32 Å². The lowest BCUT2D eigenvalue weighted by molar-refractivity contribution is -0.121. The van der Waals surface area contributed by atoms with E-state index in [4.69, 9.17) is 4.74 Å². The molecule has 1 aromatic rings. The lowest BCUT2D eigenvalue weighted by Gasteiger charge is -2.26. The van der Waals surface area contributed by atoms with Gasteiger partial charge in [-0.3, -0.25) is 24.2 Å². The van der Waals surface area contributed by atoms with E-state index in [0.29, 0.717) is 30.5 Å². The van der Waals surface area contributed by atoms with E-state index in [1.165, 1.54) is 4.90 Å². The number of morpholine rings is 1. The highest BCUT2D eigenvalue weighted by atomic mass is 16.5. The SMILES string of the molecule is O=C(CCCN1C(=O)c2ccccc2C1=O)NCCN1CCOCC1. The summed E-state index contributed by atoms with van der Waals surface area (Å²) in [5, 5.41) is 2.89. The number of fused-ring (bicyclic) bond motifs is 1. The van der Waals surface area contributed by atoms with Crippen LogP contribution in [0.1, 0.15) is 33.6 Å². The highest BCUT2D eigenvalue weighted by Crippen LogP contribution is 2.22. The fraction of sp³-hybridized carbons (Fsp3) is 0.500. The van der Waals surface area contributed by atoms with Crippen LogP contribution in [0.15, 0.2) is 24.3 Å². The predicted octanol–water partition coefficient (Wildman–Crippen LogP) is 0.511. The molecule has 1 saturated heterocycles. The lowest BCUT2D eigenvalue weighted by atomic mass is 10.1. The van der Waals surface area contributed by atoms with Gasteiger partial charge in [0.1, 0.15) is 0 Å². The number of ether oxygens (including phenoxy) is 1. The van der Waals surface area contributed by atoms with Crippen molar-refractivity contribution in [3.63, 3.8) is 0 Å². The first kappa shape index (κ1) is 17.6. The van der Waals surface area contributed by atoms with Gasteiger partial charge in [0.25, 0.3) is 11.8 Å². The van der Waals surface area contributed by atoms with E-state index in [1.807, 2.05) is 0 Å². The molecule has 2 heterocycles. The first-order chi connectivity index (χ1) is 12.2. The second-order valence-electron chi connectivity index (χ2n) is 6.22. The molecule has 7 heteroatoms. The van der Waals surface area contributed by atoms with E-state index >= 15 is 0 Å². The van der Waals surface area contributed by atoms with Gasteiger partial charge in [-0.05, 0) is 18.6 Å². The van der Waals surface area contributed by atoms with Crippen molar-refractivity contribution >= 4 is 17.7 Å². The standard InChI is InChI=1S/C18H23N3O4/c22-16(19-7-9-20-10-12-25-13-11-20)6-3-8-21-17(23)14-4-1-2-5-15(14)18(21)24/h1-2,4-5H,3,6-13H2,(H,19,22). The van der Waals surface area contributed by atoms with Crippen LogP contribution in [0.2, 0.25) is 0 Å². The van der Waals surface area contributed by atoms with Crippen molar-refractivity contribution in [1.29, 1.82) is 0 Å². The third-order valence-electron chi connectivity index (χ3n) is 4.52. The maximum Gasteiger partial charge on any atom is 0.261 e. The molecule has 0 spiro atoms. The van der Waals surface area contributed by atoms with Crippen molar-refractivity contribution in [2.45, 2.75) is 12.8 Å². The zero-order valence-electron chi connectivity index (χ0n) is 14.2. The van der Waals surface area contributed by atoms with Crippen molar-refractivity contribution in [2.24, 2.45) is 0 Å². The van der Waals surface area contributed by atoms with Gasteiger partial charge in [0.2, 0.25) is 5.91 Å². The molecular weight excluding hydrogens is 322 g/mol. The molecule has 1 N–H and O–H groups in total. The average Bonchev–Trinajstić information content (AvgIpc) is 2.88. The van der Waals surface area contributed by atoms with Crippen molar-refractivity contribution in [2.75, 3.05) is 45.9 Å². The number of rotatable bonds is 7. The molecule has 0 radical (unpaired) electrons. The Morgan fingerprint density at radius 3 is 2.32 bits per heavy atom. The average molecular weight is 345 g/mol. The molecule has 0 unspecified atom stereocenters. The smallest absolute Gasteiger partial charge is 0.261 e. The second kappa shape index (κ2) is 8.22. The third-order valence-corrected chi connectivity index (χ3v) is 4.52. The second-order valence-corrected chi connectivity index (χ2v) is 6.22. The Bertz CT molecular complexity index is 620. The summed E-state index contributed by atoms with van der Waals surface area (Å²) in [6.45, 7) is 4.97. The number of carbonyl (C=O) groups is 3. The summed E-state index contributed by atoms with van der Waals surface area (Å²) in [7, 11) is 0. The van der Waals surface area contributed by atoms with E-state index < -0.39 is 0 Å². The van der Waals surface area contributed by atoms with Gasteiger partial charge in [0.05, 0.1) is 24.3 Å². The van der Waals surface area contributed by atoms with E-state index in [9.17, 15) is 14.4 Å². The van der Waals surface area contributed by atoms with Gasteiger partial charge in [-0.15, -0.1) is 0 Å². The Kier molecular flexibility index (Phi) is 5.78. The predicted molar refractivity (Wildman–Crippen MR) is 91.3 cm³/mol. The van der Waals surface area contributed by atoms with Crippen LogP contribution in [0.3, 0.4) is 0 Å². The van der Waals surface area contributed by atoms with Gasteiger partial charge in [-0.2, -0.15) is 0 Å². The van der Waals surface area contributed by atoms with Gasteiger partial charge < -0.3 is 10.1 Å². The summed E-state index contributed by atoms with van der Waals surface area (Å²) in [6.07, 6.45) is 0.769. The third kappa shape index (κ3) is 4.24. The molecule has 3 rings (SSSR count). The molecule has 7 nitrogen and oxygen atoms in total. The van der Waals surface area contributed by atoms with E-state index in [-0.39, 0.29) is 24.3 Å². The topological polar surface area (TPSA) is 79.0 Å². The molecule has 0 aliphatic carbocycles. The van der Waals surface area contributed by atoms with Gasteiger partial charge in [0.15, 0.2) is 0 Å². The Morgan fingerprint density at radius 1 is 1.04 bits per heavy atom. The quantitative estimate of drug-likeness (QED) is 0.729. The molecule has 0 saturated carbocycles. The van der Waals surface area contributed by atoms with Gasteiger partial charge in [-0.25, -0.2) is 0 Å². The summed E-state index contributed by atoms with van der Waals surface area (Å²) < 4.78 is 5.28. The number of hydrogen-bond acceptors (Lipinski definition) is 5. The summed E-state index contributed by atoms with van der Waals surface area (Å²) in [5.74, 6) is -0.591. The van der Waals surface area contributed by atoms with Gasteiger partial charge >= 0.3 is 0 Å². The van der Waals surface area contributed by atoms with E-state index in [0.717, 1.165) is 32.8 Å². The molecule has 1 aromatic carbocycles. The van der Waals surface area contributed by atoms with Crippen LogP contribution in [0.25, 0.3) is 0 Å². The van der Waals surface area contributed by atoms with Crippen LogP contribution >= 0.6 is 0 Å². The number of nitrogens with zero attached hydrogens (tertiary/aromatic N) is 2. The number of benzene rings is 1. The van der Waals surface area contributed by atoms with Crippen LogP contribution in [0, 0.1) is 0 Å². The minimum Gasteiger partial charge on any atom is -0.379 e. The number of carbonyl (C=O) groups excluding carboxylic acids is 3. The monoisotopic (exact) mass is 345 g/mol. The molecule has 25 heavy (non-hydrogen) atoms. The summed E-state index contributed by atoms with van der Waals surface area (Å²) in [5.41, 5.74) is 0.893. The molecule has 0 atom stereocenters. The summed E-state index contributed by atoms with van der Waals surface area (Å²) in [6, 6.07) is 6.81. The minimum atomic E-state index is -0.270. The molecule has 2 aliphatic rings. The molecule has 2 aliphatic heterocycles. The normalized spacial score (nSPS) is 17.7. The van der Waals surface area contributed by atoms with Crippen LogP contribution in [0.5, 0.6) is 0 Å². The number of nitrogens with one attached hydrogen (secondary N) is 1. The molecule has 0 aromatic heterocycles. The highest BCUT2D eigenvalue weighted by Gasteiger charge is 2.34. The first-order valence-electron chi connectivity index (χ1n) is 8.69. The fourth-order valence-electron chi connectivity index (χ4n) is 3.11. The first-order valence-corrected chi connectivity index (χ1v) is 8.69. The fourth-order valence-corrected chi connectivity index (χ4v) is 3.11. The highest BCUT2D eigenvalue weighted by molar-refractivity contribution is 6.21. The van der Waals surface area contributed by atoms with Crippen molar-refractivity contribution in [3.05, 3.63) is 35.4 Å². The maximum atomic E-state index is 12.2. The van der Waals surface area contributed by atoms with Crippen molar-refractivity contribution < 1.29 is 19.1 Å². The van der Waals surface area contributed by atoms with Crippen LogP contribution in [0.4, 0.5) is 0 Å². The molecule has 1 fully saturated rings. The van der Waals surface area contributed by atoms with Crippen molar-refractivity contribution in [1.82, 2.24) is 15.1 Å². The van der Waals surface area contributed by atoms with Gasteiger partial charge in [-0.1, -0.05) is 12.1 Å². The minimum absolute atomic E-state index is 0.0510. The summed E-state index contributed by atoms with van der Waals surface area (Å²) in [4.78, 5) is 39.8. The molecular formula is C18H23N3O4. The zero-order valence-corrected chi connectivity index (χ0v) is 14.2. The van der Waals surface area contributed by atoms with E-state index in [1.54, 1.807) is 24.3 Å². The molecule has 134 valence electrons. The summed E-state index contributed by atoms with van der Waals surface area (Å²) >= 11 is 0. The Hall–Kier alpha value is -2.25.